The normalized spacial score (nSPS) is 18.9. The molecule has 2 saturated heterocycles. The van der Waals surface area contributed by atoms with Gasteiger partial charge in [-0.1, -0.05) is 40.7 Å². The number of hydrogen-bond donors (Lipinski definition) is 3. The first-order valence-corrected chi connectivity index (χ1v) is 23.5. The molecule has 15 nitrogen and oxygen atoms in total. The van der Waals surface area contributed by atoms with E-state index in [9.17, 15) is 14.4 Å². The number of benzene rings is 2. The molecule has 0 saturated carbocycles. The number of likely N-dealkylation sites (tertiary alicyclic amines) is 2. The number of alkyl carbamates (subject to hydrolysis) is 1. The van der Waals surface area contributed by atoms with Crippen LogP contribution in [0.25, 0.3) is 44.7 Å². The molecule has 4 atom stereocenters. The lowest BCUT2D eigenvalue weighted by Gasteiger charge is -2.30. The van der Waals surface area contributed by atoms with Crippen LogP contribution in [0, 0.1) is 17.2 Å². The number of hydrogen-bond acceptors (Lipinski definition) is 10. The van der Waals surface area contributed by atoms with Crippen molar-refractivity contribution in [2.75, 3.05) is 20.2 Å². The van der Waals surface area contributed by atoms with Gasteiger partial charge in [0.25, 0.3) is 0 Å². The molecule has 3 aliphatic rings. The summed E-state index contributed by atoms with van der Waals surface area (Å²) in [5.74, 6) is 0.809. The van der Waals surface area contributed by atoms with E-state index in [4.69, 9.17) is 29.2 Å². The number of aromatic amines is 2. The number of nitrogens with one attached hydrogen (secondary N) is 3. The number of rotatable bonds is 9. The Morgan fingerprint density at radius 2 is 1.56 bits per heavy atom. The molecular weight excluding hydrogens is 862 g/mol. The number of halogens is 1. The first-order valence-electron chi connectivity index (χ1n) is 22.7. The van der Waals surface area contributed by atoms with Crippen molar-refractivity contribution in [2.24, 2.45) is 11.3 Å². The van der Waals surface area contributed by atoms with Gasteiger partial charge in [0.15, 0.2) is 0 Å². The lowest BCUT2D eigenvalue weighted by Crippen LogP contribution is -2.51. The minimum absolute atomic E-state index is 0.0228. The number of amides is 3. The smallest absolute Gasteiger partial charge is 0.410 e. The quantitative estimate of drug-likeness (QED) is 0.128. The lowest BCUT2D eigenvalue weighted by molar-refractivity contribution is -0.135. The second kappa shape index (κ2) is 17.2. The summed E-state index contributed by atoms with van der Waals surface area (Å²) in [6, 6.07) is 10.1. The van der Waals surface area contributed by atoms with Crippen LogP contribution in [0.4, 0.5) is 14.0 Å². The molecule has 9 rings (SSSR count). The summed E-state index contributed by atoms with van der Waals surface area (Å²) in [7, 11) is 1.27. The predicted molar refractivity (Wildman–Crippen MR) is 249 cm³/mol. The number of fused-ring (bicyclic) bond motifs is 5. The molecule has 2 aromatic carbocycles. The highest BCUT2D eigenvalue weighted by molar-refractivity contribution is 7.11. The van der Waals surface area contributed by atoms with E-state index >= 15 is 4.39 Å². The first kappa shape index (κ1) is 44.9. The largest absolute Gasteiger partial charge is 0.464 e. The van der Waals surface area contributed by atoms with Crippen molar-refractivity contribution in [1.82, 2.24) is 44.6 Å². The number of carbonyl (C=O) groups excluding carboxylic acids is 3. The van der Waals surface area contributed by atoms with E-state index in [0.29, 0.717) is 59.4 Å². The first-order chi connectivity index (χ1) is 31.4. The zero-order valence-corrected chi connectivity index (χ0v) is 39.8. The second-order valence-corrected chi connectivity index (χ2v) is 21.3. The van der Waals surface area contributed by atoms with E-state index in [0.717, 1.165) is 57.7 Å². The predicted octanol–water partition coefficient (Wildman–Crippen LogP) is 10.3. The van der Waals surface area contributed by atoms with E-state index in [1.54, 1.807) is 33.5 Å². The van der Waals surface area contributed by atoms with Gasteiger partial charge in [-0.05, 0) is 88.1 Å². The zero-order valence-electron chi connectivity index (χ0n) is 39.0. The fraction of sp³-hybridized carbons (Fsp3) is 0.469. The standard InChI is InChI=1S/C49H58FN9O6S/c1-26(2)41(56-46(61)63-9)44(60)57-16-10-12-34(57)42-53-24-32(55-42)28-19-30(50)40-36-20-29-18-27(31-23-52-43(54-31)35-13-11-17-58(35)47(62)65-49(6,7)8)14-15-33(29)59(36)45(64-37(40)21-28)38-25-51-39(66-38)22-48(3,4)5/h14-15,18-21,23-26,34-35,41,45H,10-13,16-17,22H2,1-9H3,(H,52,54)(H,53,55)(H,56,61)/t34-,35-,41-,45?/m0/s1. The van der Waals surface area contributed by atoms with Crippen molar-refractivity contribution in [3.05, 3.63) is 82.3 Å². The van der Waals surface area contributed by atoms with Crippen LogP contribution in [-0.2, 0) is 20.7 Å². The molecule has 6 aromatic rings. The number of aromatic nitrogens is 6. The summed E-state index contributed by atoms with van der Waals surface area (Å²) in [6.07, 6.45) is 7.52. The van der Waals surface area contributed by atoms with Crippen molar-refractivity contribution in [3.63, 3.8) is 0 Å². The van der Waals surface area contributed by atoms with E-state index in [1.807, 2.05) is 69.6 Å². The van der Waals surface area contributed by atoms with E-state index in [-0.39, 0.29) is 35.4 Å². The van der Waals surface area contributed by atoms with E-state index < -0.39 is 29.8 Å². The number of imidazole rings is 2. The summed E-state index contributed by atoms with van der Waals surface area (Å²) < 4.78 is 36.3. The van der Waals surface area contributed by atoms with Crippen molar-refractivity contribution in [1.29, 1.82) is 0 Å². The van der Waals surface area contributed by atoms with Gasteiger partial charge in [0.05, 0.1) is 69.6 Å². The van der Waals surface area contributed by atoms with Gasteiger partial charge in [-0.25, -0.2) is 28.9 Å². The van der Waals surface area contributed by atoms with Crippen molar-refractivity contribution >= 4 is 40.3 Å². The topological polar surface area (TPSA) is 173 Å². The van der Waals surface area contributed by atoms with Crippen LogP contribution in [0.2, 0.25) is 0 Å². The van der Waals surface area contributed by atoms with Crippen LogP contribution in [-0.4, -0.2) is 89.2 Å². The van der Waals surface area contributed by atoms with Gasteiger partial charge in [-0.15, -0.1) is 11.3 Å². The molecule has 4 aromatic heterocycles. The molecule has 1 unspecified atom stereocenters. The summed E-state index contributed by atoms with van der Waals surface area (Å²) in [5, 5.41) is 4.56. The maximum atomic E-state index is 16.9. The molecular formula is C49H58FN9O6S. The highest BCUT2D eigenvalue weighted by Gasteiger charge is 2.39. The Hall–Kier alpha value is -6.23. The maximum Gasteiger partial charge on any atom is 0.410 e. The van der Waals surface area contributed by atoms with Crippen LogP contribution in [0.5, 0.6) is 5.75 Å². The lowest BCUT2D eigenvalue weighted by atomic mass is 9.93. The van der Waals surface area contributed by atoms with Crippen LogP contribution in [0.15, 0.2) is 55.0 Å². The number of methoxy groups -OCH3 is 1. The Bertz CT molecular complexity index is 2810. The summed E-state index contributed by atoms with van der Waals surface area (Å²) in [5.41, 5.74) is 4.09. The molecule has 0 aliphatic carbocycles. The molecule has 0 radical (unpaired) electrons. The van der Waals surface area contributed by atoms with Crippen LogP contribution < -0.4 is 10.1 Å². The Morgan fingerprint density at radius 1 is 0.894 bits per heavy atom. The average molecular weight is 920 g/mol. The highest BCUT2D eigenvalue weighted by Crippen LogP contribution is 2.48. The van der Waals surface area contributed by atoms with E-state index in [1.165, 1.54) is 13.2 Å². The minimum Gasteiger partial charge on any atom is -0.464 e. The summed E-state index contributed by atoms with van der Waals surface area (Å²) in [4.78, 5) is 64.6. The SMILES string of the molecule is COC(=O)N[C@H](C(=O)N1CCC[C@H]1c1ncc(-c2cc(F)c3c(c2)OC(c2cnc(CC(C)(C)C)s2)n2c-3cc3cc(-c4cnc([C@@H]5CCCN5C(=O)OC(C)(C)C)[nH]4)ccc32)[nH]1)C(C)C. The van der Waals surface area contributed by atoms with Gasteiger partial charge in [0.2, 0.25) is 12.1 Å². The third-order valence-corrected chi connectivity index (χ3v) is 13.4. The molecule has 17 heteroatoms. The number of ether oxygens (including phenoxy) is 3. The Morgan fingerprint density at radius 3 is 2.21 bits per heavy atom. The molecule has 66 heavy (non-hydrogen) atoms. The highest BCUT2D eigenvalue weighted by atomic mass is 32.1. The van der Waals surface area contributed by atoms with Crippen LogP contribution in [0.1, 0.15) is 121 Å². The molecule has 0 bridgehead atoms. The average Bonchev–Trinajstić information content (AvgIpc) is 4.10. The number of carbonyl (C=O) groups is 3. The molecule has 348 valence electrons. The number of H-pyrrole nitrogens is 2. The number of nitrogens with zero attached hydrogens (tertiary/aromatic N) is 6. The second-order valence-electron chi connectivity index (χ2n) is 20.1. The number of thiazole rings is 1. The minimum atomic E-state index is -0.767. The molecule has 7 heterocycles. The van der Waals surface area contributed by atoms with Gasteiger partial charge in [0, 0.05) is 42.2 Å². The Balaban J connectivity index is 1.05. The Kier molecular flexibility index (Phi) is 11.7. The third-order valence-electron chi connectivity index (χ3n) is 12.4. The van der Waals surface area contributed by atoms with Crippen LogP contribution >= 0.6 is 11.3 Å². The zero-order chi connectivity index (χ0) is 46.8. The van der Waals surface area contributed by atoms with Crippen molar-refractivity contribution < 1.29 is 33.0 Å². The molecule has 3 N–H and O–H groups in total. The van der Waals surface area contributed by atoms with Gasteiger partial charge in [-0.2, -0.15) is 0 Å². The monoisotopic (exact) mass is 919 g/mol. The van der Waals surface area contributed by atoms with Crippen molar-refractivity contribution in [2.45, 2.75) is 117 Å². The maximum absolute atomic E-state index is 16.9. The van der Waals surface area contributed by atoms with Gasteiger partial charge in [0.1, 0.15) is 34.9 Å². The summed E-state index contributed by atoms with van der Waals surface area (Å²) in [6.45, 7) is 17.0. The van der Waals surface area contributed by atoms with Gasteiger partial charge >= 0.3 is 12.2 Å². The Labute approximate surface area is 387 Å². The molecule has 3 amide bonds. The van der Waals surface area contributed by atoms with Crippen LogP contribution in [0.3, 0.4) is 0 Å². The fourth-order valence-corrected chi connectivity index (χ4v) is 10.6. The fourth-order valence-electron chi connectivity index (χ4n) is 9.35. The van der Waals surface area contributed by atoms with Crippen molar-refractivity contribution in [3.8, 4) is 39.5 Å². The third kappa shape index (κ3) is 8.76. The molecule has 2 fully saturated rings. The van der Waals surface area contributed by atoms with E-state index in [2.05, 4.69) is 42.1 Å². The molecule has 3 aliphatic heterocycles. The summed E-state index contributed by atoms with van der Waals surface area (Å²) >= 11 is 1.59. The van der Waals surface area contributed by atoms with Gasteiger partial charge in [-0.3, -0.25) is 14.3 Å². The van der Waals surface area contributed by atoms with Gasteiger partial charge < -0.3 is 34.4 Å². The molecule has 0 spiro atoms.